The molecule has 4 heteroatoms. The fourth-order valence-electron chi connectivity index (χ4n) is 3.41. The molecule has 0 aromatic rings. The van der Waals surface area contributed by atoms with Gasteiger partial charge in [0.1, 0.15) is 5.54 Å². The van der Waals surface area contributed by atoms with E-state index >= 15 is 0 Å². The van der Waals surface area contributed by atoms with Gasteiger partial charge in [-0.05, 0) is 31.6 Å². The van der Waals surface area contributed by atoms with Gasteiger partial charge in [0.05, 0.1) is 0 Å². The summed E-state index contributed by atoms with van der Waals surface area (Å²) in [5.74, 6) is -0.493. The lowest BCUT2D eigenvalue weighted by Crippen LogP contribution is -2.57. The van der Waals surface area contributed by atoms with E-state index in [9.17, 15) is 14.7 Å². The first-order valence-corrected chi connectivity index (χ1v) is 7.10. The molecule has 2 saturated carbocycles. The van der Waals surface area contributed by atoms with Gasteiger partial charge in [-0.15, -0.1) is 0 Å². The molecule has 1 amide bonds. The predicted molar refractivity (Wildman–Crippen MR) is 68.1 cm³/mol. The molecule has 2 aliphatic rings. The van der Waals surface area contributed by atoms with E-state index in [1.54, 1.807) is 0 Å². The number of carboxylic acid groups (broad SMARTS) is 1. The number of hydrogen-bond donors (Lipinski definition) is 2. The minimum atomic E-state index is -0.988. The molecule has 4 nitrogen and oxygen atoms in total. The van der Waals surface area contributed by atoms with Crippen LogP contribution in [0, 0.1) is 11.8 Å². The van der Waals surface area contributed by atoms with Gasteiger partial charge in [0.15, 0.2) is 0 Å². The summed E-state index contributed by atoms with van der Waals surface area (Å²) in [5, 5.41) is 12.3. The summed E-state index contributed by atoms with van der Waals surface area (Å²) in [7, 11) is 0. The maximum Gasteiger partial charge on any atom is 0.329 e. The summed E-state index contributed by atoms with van der Waals surface area (Å²) < 4.78 is 0. The van der Waals surface area contributed by atoms with E-state index in [-0.39, 0.29) is 11.8 Å². The van der Waals surface area contributed by atoms with Crippen molar-refractivity contribution in [2.24, 2.45) is 11.8 Å². The maximum absolute atomic E-state index is 12.3. The Hall–Kier alpha value is -1.06. The third kappa shape index (κ3) is 2.52. The minimum Gasteiger partial charge on any atom is -0.480 e. The average Bonchev–Trinajstić information content (AvgIpc) is 2.76. The Morgan fingerprint density at radius 3 is 2.28 bits per heavy atom. The van der Waals surface area contributed by atoms with Gasteiger partial charge in [-0.25, -0.2) is 4.79 Å². The standard InChI is InChI=1S/C14H23NO3/c1-10-6-5-7-11(10)12(16)15-14(13(17)18)8-3-2-4-9-14/h10-11H,2-9H2,1H3,(H,15,16)(H,17,18). The van der Waals surface area contributed by atoms with Crippen LogP contribution in [0.4, 0.5) is 0 Å². The van der Waals surface area contributed by atoms with Crippen LogP contribution >= 0.6 is 0 Å². The molecule has 18 heavy (non-hydrogen) atoms. The maximum atomic E-state index is 12.3. The Morgan fingerprint density at radius 1 is 1.11 bits per heavy atom. The Balaban J connectivity index is 2.04. The van der Waals surface area contributed by atoms with E-state index in [1.165, 1.54) is 0 Å². The van der Waals surface area contributed by atoms with Gasteiger partial charge in [0, 0.05) is 5.92 Å². The monoisotopic (exact) mass is 253 g/mol. The molecule has 2 rings (SSSR count). The van der Waals surface area contributed by atoms with Crippen LogP contribution in [0.15, 0.2) is 0 Å². The van der Waals surface area contributed by atoms with E-state index in [0.717, 1.165) is 38.5 Å². The van der Waals surface area contributed by atoms with Crippen molar-refractivity contribution in [1.29, 1.82) is 0 Å². The van der Waals surface area contributed by atoms with Gasteiger partial charge < -0.3 is 10.4 Å². The number of amides is 1. The Bertz CT molecular complexity index is 334. The lowest BCUT2D eigenvalue weighted by Gasteiger charge is -2.35. The highest BCUT2D eigenvalue weighted by molar-refractivity contribution is 5.88. The van der Waals surface area contributed by atoms with Crippen molar-refractivity contribution in [3.05, 3.63) is 0 Å². The van der Waals surface area contributed by atoms with Crippen LogP contribution in [0.2, 0.25) is 0 Å². The van der Waals surface area contributed by atoms with Crippen LogP contribution in [0.3, 0.4) is 0 Å². The third-order valence-electron chi connectivity index (χ3n) is 4.68. The number of carbonyl (C=O) groups excluding carboxylic acids is 1. The van der Waals surface area contributed by atoms with Gasteiger partial charge in [0.25, 0.3) is 0 Å². The van der Waals surface area contributed by atoms with Crippen LogP contribution in [-0.4, -0.2) is 22.5 Å². The number of rotatable bonds is 3. The Labute approximate surface area is 108 Å². The first-order chi connectivity index (χ1) is 8.55. The molecular formula is C14H23NO3. The fraction of sp³-hybridized carbons (Fsp3) is 0.857. The van der Waals surface area contributed by atoms with E-state index in [0.29, 0.717) is 18.8 Å². The number of aliphatic carboxylic acids is 1. The molecule has 2 fully saturated rings. The summed E-state index contributed by atoms with van der Waals surface area (Å²) in [4.78, 5) is 23.8. The lowest BCUT2D eigenvalue weighted by molar-refractivity contribution is -0.150. The molecule has 0 spiro atoms. The number of hydrogen-bond acceptors (Lipinski definition) is 2. The van der Waals surface area contributed by atoms with E-state index in [1.807, 2.05) is 0 Å². The van der Waals surface area contributed by atoms with Gasteiger partial charge in [-0.1, -0.05) is 32.6 Å². The molecule has 2 aliphatic carbocycles. The van der Waals surface area contributed by atoms with Gasteiger partial charge in [-0.3, -0.25) is 4.79 Å². The number of carboxylic acids is 1. The molecule has 2 unspecified atom stereocenters. The summed E-state index contributed by atoms with van der Waals surface area (Å²) in [6.45, 7) is 2.09. The van der Waals surface area contributed by atoms with Crippen molar-refractivity contribution in [3.63, 3.8) is 0 Å². The smallest absolute Gasteiger partial charge is 0.329 e. The zero-order chi connectivity index (χ0) is 13.2. The molecule has 0 aliphatic heterocycles. The molecule has 0 radical (unpaired) electrons. The highest BCUT2D eigenvalue weighted by Gasteiger charge is 2.43. The second-order valence-corrected chi connectivity index (χ2v) is 5.95. The van der Waals surface area contributed by atoms with Crippen LogP contribution in [-0.2, 0) is 9.59 Å². The van der Waals surface area contributed by atoms with Gasteiger partial charge in [-0.2, -0.15) is 0 Å². The summed E-state index contributed by atoms with van der Waals surface area (Å²) in [5.41, 5.74) is -0.988. The van der Waals surface area contributed by atoms with Crippen LogP contribution in [0.1, 0.15) is 58.3 Å². The van der Waals surface area contributed by atoms with Crippen LogP contribution in [0.25, 0.3) is 0 Å². The van der Waals surface area contributed by atoms with E-state index < -0.39 is 11.5 Å². The van der Waals surface area contributed by atoms with Crippen molar-refractivity contribution >= 4 is 11.9 Å². The first-order valence-electron chi connectivity index (χ1n) is 7.10. The van der Waals surface area contributed by atoms with Crippen molar-refractivity contribution in [3.8, 4) is 0 Å². The summed E-state index contributed by atoms with van der Waals surface area (Å²) >= 11 is 0. The average molecular weight is 253 g/mol. The van der Waals surface area contributed by atoms with Crippen molar-refractivity contribution in [1.82, 2.24) is 5.32 Å². The molecular weight excluding hydrogens is 230 g/mol. The van der Waals surface area contributed by atoms with Crippen molar-refractivity contribution in [2.45, 2.75) is 63.8 Å². The first kappa shape index (κ1) is 13.4. The van der Waals surface area contributed by atoms with E-state index in [2.05, 4.69) is 12.2 Å². The van der Waals surface area contributed by atoms with Crippen molar-refractivity contribution < 1.29 is 14.7 Å². The third-order valence-corrected chi connectivity index (χ3v) is 4.68. The zero-order valence-corrected chi connectivity index (χ0v) is 11.1. The second-order valence-electron chi connectivity index (χ2n) is 5.95. The fourth-order valence-corrected chi connectivity index (χ4v) is 3.41. The molecule has 0 aromatic heterocycles. The second kappa shape index (κ2) is 5.29. The molecule has 2 N–H and O–H groups in total. The molecule has 0 bridgehead atoms. The van der Waals surface area contributed by atoms with Gasteiger partial charge in [0.2, 0.25) is 5.91 Å². The highest BCUT2D eigenvalue weighted by Crippen LogP contribution is 2.34. The molecule has 102 valence electrons. The van der Waals surface area contributed by atoms with Crippen molar-refractivity contribution in [2.75, 3.05) is 0 Å². The molecule has 0 saturated heterocycles. The number of carbonyl (C=O) groups is 2. The summed E-state index contributed by atoms with van der Waals surface area (Å²) in [6, 6.07) is 0. The number of nitrogens with one attached hydrogen (secondary N) is 1. The molecule has 0 heterocycles. The normalized spacial score (nSPS) is 30.9. The van der Waals surface area contributed by atoms with E-state index in [4.69, 9.17) is 0 Å². The Morgan fingerprint density at radius 2 is 1.78 bits per heavy atom. The molecule has 0 aromatic carbocycles. The predicted octanol–water partition coefficient (Wildman–Crippen LogP) is 2.33. The van der Waals surface area contributed by atoms with Gasteiger partial charge >= 0.3 is 5.97 Å². The highest BCUT2D eigenvalue weighted by atomic mass is 16.4. The topological polar surface area (TPSA) is 66.4 Å². The van der Waals surface area contributed by atoms with Crippen LogP contribution < -0.4 is 5.32 Å². The largest absolute Gasteiger partial charge is 0.480 e. The lowest BCUT2D eigenvalue weighted by atomic mass is 9.81. The quantitative estimate of drug-likeness (QED) is 0.811. The molecule has 2 atom stereocenters. The Kier molecular flexibility index (Phi) is 3.93. The SMILES string of the molecule is CC1CCCC1C(=O)NC1(C(=O)O)CCCCC1. The summed E-state index contributed by atoms with van der Waals surface area (Å²) in [6.07, 6.45) is 7.09. The van der Waals surface area contributed by atoms with Crippen LogP contribution in [0.5, 0.6) is 0 Å². The minimum absolute atomic E-state index is 0.0168. The zero-order valence-electron chi connectivity index (χ0n) is 11.1.